The molecule has 0 fully saturated rings. The number of carbonyl (C=O) groups excluding carboxylic acids is 1. The lowest BCUT2D eigenvalue weighted by atomic mass is 10.00. The van der Waals surface area contributed by atoms with Crippen LogP contribution in [0.25, 0.3) is 16.0 Å². The first-order valence-electron chi connectivity index (χ1n) is 8.49. The zero-order chi connectivity index (χ0) is 18.5. The molecule has 0 saturated carbocycles. The second-order valence-electron chi connectivity index (χ2n) is 6.40. The zero-order valence-electron chi connectivity index (χ0n) is 14.5. The summed E-state index contributed by atoms with van der Waals surface area (Å²) in [6.45, 7) is 0.533. The number of hydrogen-bond donors (Lipinski definition) is 1. The standard InChI is InChI=1S/C21H15N3O2S/c1-26-13-5-2-11(3-6-13)19-18-15(10-24-19)14-8-16(27-21(14)20(18)25)12-4-7-17(22)23-9-12/h2-9H,10H2,1H3,(H2,22,23). The number of methoxy groups -OCH3 is 1. The molecular weight excluding hydrogens is 358 g/mol. The number of allylic oxidation sites excluding steroid dienone is 1. The highest BCUT2D eigenvalue weighted by Crippen LogP contribution is 2.45. The second-order valence-corrected chi connectivity index (χ2v) is 7.45. The Labute approximate surface area is 159 Å². The predicted octanol–water partition coefficient (Wildman–Crippen LogP) is 3.85. The SMILES string of the molecule is COc1ccc(C2=NCC3=C2C(=O)c2sc(-c4ccc(N)nc4)cc23)cc1. The van der Waals surface area contributed by atoms with Crippen LogP contribution in [0, 0.1) is 0 Å². The molecule has 6 heteroatoms. The van der Waals surface area contributed by atoms with E-state index in [1.165, 1.54) is 11.3 Å². The Morgan fingerprint density at radius 3 is 2.59 bits per heavy atom. The van der Waals surface area contributed by atoms with E-state index in [1.54, 1.807) is 19.4 Å². The molecular formula is C21H15N3O2S. The molecule has 0 atom stereocenters. The summed E-state index contributed by atoms with van der Waals surface area (Å²) in [5.74, 6) is 1.33. The van der Waals surface area contributed by atoms with Gasteiger partial charge < -0.3 is 10.5 Å². The molecule has 0 unspecified atom stereocenters. The molecule has 0 amide bonds. The number of fused-ring (bicyclic) bond motifs is 2. The van der Waals surface area contributed by atoms with Gasteiger partial charge in [0.15, 0.2) is 0 Å². The number of thiophene rings is 1. The van der Waals surface area contributed by atoms with E-state index in [0.717, 1.165) is 49.1 Å². The monoisotopic (exact) mass is 373 g/mol. The van der Waals surface area contributed by atoms with Crippen molar-refractivity contribution in [3.63, 3.8) is 0 Å². The maximum Gasteiger partial charge on any atom is 0.206 e. The highest BCUT2D eigenvalue weighted by molar-refractivity contribution is 7.18. The molecule has 5 nitrogen and oxygen atoms in total. The van der Waals surface area contributed by atoms with Gasteiger partial charge in [-0.15, -0.1) is 11.3 Å². The molecule has 132 valence electrons. The molecule has 3 heterocycles. The minimum absolute atomic E-state index is 0.0618. The number of nitrogen functional groups attached to an aromatic ring is 1. The molecule has 5 rings (SSSR count). The van der Waals surface area contributed by atoms with Crippen molar-refractivity contribution in [2.24, 2.45) is 4.99 Å². The minimum atomic E-state index is 0.0618. The molecule has 2 N–H and O–H groups in total. The fourth-order valence-corrected chi connectivity index (χ4v) is 4.62. The highest BCUT2D eigenvalue weighted by Gasteiger charge is 2.38. The van der Waals surface area contributed by atoms with Gasteiger partial charge in [0.05, 0.1) is 29.8 Å². The third-order valence-electron chi connectivity index (χ3n) is 4.86. The van der Waals surface area contributed by atoms with Gasteiger partial charge in [0.25, 0.3) is 0 Å². The number of aromatic nitrogens is 1. The van der Waals surface area contributed by atoms with Crippen molar-refractivity contribution in [1.29, 1.82) is 0 Å². The van der Waals surface area contributed by atoms with E-state index in [0.29, 0.717) is 12.4 Å². The summed E-state index contributed by atoms with van der Waals surface area (Å²) in [5.41, 5.74) is 11.1. The van der Waals surface area contributed by atoms with Crippen molar-refractivity contribution in [3.8, 4) is 16.2 Å². The molecule has 0 saturated heterocycles. The quantitative estimate of drug-likeness (QED) is 0.756. The van der Waals surface area contributed by atoms with E-state index in [-0.39, 0.29) is 5.78 Å². The van der Waals surface area contributed by atoms with Crippen LogP contribution in [-0.4, -0.2) is 30.1 Å². The van der Waals surface area contributed by atoms with Crippen molar-refractivity contribution in [2.75, 3.05) is 19.4 Å². The number of ketones is 1. The first-order chi connectivity index (χ1) is 13.2. The van der Waals surface area contributed by atoms with Crippen molar-refractivity contribution < 1.29 is 9.53 Å². The average molecular weight is 373 g/mol. The maximum absolute atomic E-state index is 13.1. The van der Waals surface area contributed by atoms with Gasteiger partial charge in [-0.2, -0.15) is 0 Å². The molecule has 1 aromatic carbocycles. The van der Waals surface area contributed by atoms with Crippen LogP contribution in [0.15, 0.2) is 59.2 Å². The van der Waals surface area contributed by atoms with Crippen molar-refractivity contribution in [2.45, 2.75) is 0 Å². The Morgan fingerprint density at radius 2 is 1.89 bits per heavy atom. The summed E-state index contributed by atoms with van der Waals surface area (Å²) in [4.78, 5) is 23.7. The normalized spacial score (nSPS) is 15.0. The van der Waals surface area contributed by atoms with Crippen LogP contribution < -0.4 is 10.5 Å². The number of nitrogens with two attached hydrogens (primary N) is 1. The highest BCUT2D eigenvalue weighted by atomic mass is 32.1. The van der Waals surface area contributed by atoms with Gasteiger partial charge in [-0.3, -0.25) is 9.79 Å². The summed E-state index contributed by atoms with van der Waals surface area (Å²) in [5, 5.41) is 0. The molecule has 2 aliphatic rings. The average Bonchev–Trinajstić information content (AvgIpc) is 3.37. The Balaban J connectivity index is 1.53. The van der Waals surface area contributed by atoms with Crippen LogP contribution in [0.1, 0.15) is 20.8 Å². The first kappa shape index (κ1) is 16.0. The Kier molecular flexibility index (Phi) is 3.48. The third kappa shape index (κ3) is 2.41. The van der Waals surface area contributed by atoms with Gasteiger partial charge in [-0.1, -0.05) is 0 Å². The van der Waals surface area contributed by atoms with Crippen molar-refractivity contribution in [1.82, 2.24) is 4.98 Å². The van der Waals surface area contributed by atoms with Gasteiger partial charge >= 0.3 is 0 Å². The number of rotatable bonds is 3. The van der Waals surface area contributed by atoms with Crippen LogP contribution in [-0.2, 0) is 0 Å². The Hall–Kier alpha value is -3.25. The summed E-state index contributed by atoms with van der Waals surface area (Å²) >= 11 is 1.50. The van der Waals surface area contributed by atoms with Gasteiger partial charge in [0.2, 0.25) is 5.78 Å². The lowest BCUT2D eigenvalue weighted by molar-refractivity contribution is 0.104. The molecule has 1 aliphatic carbocycles. The fraction of sp³-hybridized carbons (Fsp3) is 0.0952. The van der Waals surface area contributed by atoms with Crippen molar-refractivity contribution in [3.05, 3.63) is 70.2 Å². The first-order valence-corrected chi connectivity index (χ1v) is 9.30. The van der Waals surface area contributed by atoms with Gasteiger partial charge in [-0.25, -0.2) is 4.98 Å². The fourth-order valence-electron chi connectivity index (χ4n) is 3.50. The topological polar surface area (TPSA) is 77.6 Å². The van der Waals surface area contributed by atoms with E-state index in [2.05, 4.69) is 16.0 Å². The van der Waals surface area contributed by atoms with Crippen molar-refractivity contribution >= 4 is 34.2 Å². The predicted molar refractivity (Wildman–Crippen MR) is 108 cm³/mol. The number of aliphatic imine (C=N–C) groups is 1. The number of ether oxygens (including phenoxy) is 1. The van der Waals surface area contributed by atoms with Gasteiger partial charge in [0.1, 0.15) is 11.6 Å². The molecule has 0 spiro atoms. The molecule has 3 aromatic rings. The van der Waals surface area contributed by atoms with Crippen LogP contribution in [0.3, 0.4) is 0 Å². The Bertz CT molecular complexity index is 1140. The van der Waals surface area contributed by atoms with E-state index in [1.807, 2.05) is 30.3 Å². The number of benzene rings is 1. The summed E-state index contributed by atoms with van der Waals surface area (Å²) in [7, 11) is 1.63. The smallest absolute Gasteiger partial charge is 0.206 e. The van der Waals surface area contributed by atoms with Crippen LogP contribution in [0.2, 0.25) is 0 Å². The summed E-state index contributed by atoms with van der Waals surface area (Å²) in [6, 6.07) is 13.4. The molecule has 2 aromatic heterocycles. The number of pyridine rings is 1. The number of carbonyl (C=O) groups is 1. The molecule has 0 radical (unpaired) electrons. The Morgan fingerprint density at radius 1 is 1.11 bits per heavy atom. The largest absolute Gasteiger partial charge is 0.497 e. The number of nitrogens with zero attached hydrogens (tertiary/aromatic N) is 2. The van der Waals surface area contributed by atoms with Gasteiger partial charge in [0, 0.05) is 27.8 Å². The third-order valence-corrected chi connectivity index (χ3v) is 6.04. The van der Waals surface area contributed by atoms with Crippen LogP contribution in [0.5, 0.6) is 5.75 Å². The van der Waals surface area contributed by atoms with E-state index >= 15 is 0 Å². The maximum atomic E-state index is 13.1. The van der Waals surface area contributed by atoms with E-state index in [4.69, 9.17) is 10.5 Å². The molecule has 0 bridgehead atoms. The number of Topliss-reactive ketones (excluding diaryl/α,β-unsaturated/α-hetero) is 1. The second kappa shape index (κ2) is 5.89. The molecule has 27 heavy (non-hydrogen) atoms. The van der Waals surface area contributed by atoms with Gasteiger partial charge in [-0.05, 0) is 48.0 Å². The summed E-state index contributed by atoms with van der Waals surface area (Å²) < 4.78 is 5.21. The molecule has 1 aliphatic heterocycles. The lowest BCUT2D eigenvalue weighted by Crippen LogP contribution is -2.09. The lowest BCUT2D eigenvalue weighted by Gasteiger charge is -2.05. The van der Waals surface area contributed by atoms with Crippen LogP contribution >= 0.6 is 11.3 Å². The summed E-state index contributed by atoms with van der Waals surface area (Å²) in [6.07, 6.45) is 1.74. The zero-order valence-corrected chi connectivity index (χ0v) is 15.3. The number of anilines is 1. The van der Waals surface area contributed by atoms with E-state index in [9.17, 15) is 4.79 Å². The van der Waals surface area contributed by atoms with Crippen LogP contribution in [0.4, 0.5) is 5.82 Å². The number of hydrogen-bond acceptors (Lipinski definition) is 6. The minimum Gasteiger partial charge on any atom is -0.497 e. The van der Waals surface area contributed by atoms with E-state index < -0.39 is 0 Å².